The highest BCUT2D eigenvalue weighted by atomic mass is 19.1. The first-order valence-corrected chi connectivity index (χ1v) is 10.8. The third-order valence-electron chi connectivity index (χ3n) is 5.33. The molecule has 168 valence electrons. The van der Waals surface area contributed by atoms with Gasteiger partial charge >= 0.3 is 0 Å². The zero-order chi connectivity index (χ0) is 22.7. The lowest BCUT2D eigenvalue weighted by molar-refractivity contribution is 0.0947. The summed E-state index contributed by atoms with van der Waals surface area (Å²) in [6, 6.07) is 5.02. The Bertz CT molecular complexity index is 1110. The SMILES string of the molecule is Cc1cc(F)c(C(=O)NC2CC2)cc1-n1cc(-c2cncc(NCCCN(C)C)c2)nn1. The molecule has 3 aromatic rings. The van der Waals surface area contributed by atoms with Crippen LogP contribution in [0.15, 0.2) is 36.8 Å². The monoisotopic (exact) mass is 437 g/mol. The summed E-state index contributed by atoms with van der Waals surface area (Å²) < 4.78 is 16.0. The lowest BCUT2D eigenvalue weighted by atomic mass is 10.1. The van der Waals surface area contributed by atoms with Crippen molar-refractivity contribution in [3.05, 3.63) is 53.7 Å². The van der Waals surface area contributed by atoms with Crippen molar-refractivity contribution in [2.24, 2.45) is 0 Å². The molecule has 0 spiro atoms. The second kappa shape index (κ2) is 9.44. The summed E-state index contributed by atoms with van der Waals surface area (Å²) in [5, 5.41) is 14.7. The van der Waals surface area contributed by atoms with E-state index in [1.807, 2.05) is 6.07 Å². The number of carbonyl (C=O) groups excluding carboxylic acids is 1. The van der Waals surface area contributed by atoms with Crippen LogP contribution in [0.5, 0.6) is 0 Å². The minimum atomic E-state index is -0.540. The predicted molar refractivity (Wildman–Crippen MR) is 121 cm³/mol. The average Bonchev–Trinajstić information content (AvgIpc) is 3.43. The highest BCUT2D eigenvalue weighted by Gasteiger charge is 2.25. The van der Waals surface area contributed by atoms with Crippen molar-refractivity contribution < 1.29 is 9.18 Å². The Morgan fingerprint density at radius 1 is 1.25 bits per heavy atom. The summed E-state index contributed by atoms with van der Waals surface area (Å²) in [6.07, 6.45) is 8.17. The third kappa shape index (κ3) is 5.28. The summed E-state index contributed by atoms with van der Waals surface area (Å²) in [7, 11) is 4.10. The number of aromatic nitrogens is 4. The van der Waals surface area contributed by atoms with Crippen molar-refractivity contribution in [3.63, 3.8) is 0 Å². The smallest absolute Gasteiger partial charge is 0.254 e. The number of carbonyl (C=O) groups is 1. The molecule has 0 saturated heterocycles. The maximum absolute atomic E-state index is 14.4. The minimum absolute atomic E-state index is 0.0140. The zero-order valence-corrected chi connectivity index (χ0v) is 18.6. The molecule has 0 bridgehead atoms. The van der Waals surface area contributed by atoms with Gasteiger partial charge in [-0.3, -0.25) is 9.78 Å². The summed E-state index contributed by atoms with van der Waals surface area (Å²) >= 11 is 0. The van der Waals surface area contributed by atoms with E-state index in [4.69, 9.17) is 0 Å². The Morgan fingerprint density at radius 3 is 2.81 bits per heavy atom. The molecule has 2 aromatic heterocycles. The molecule has 1 aliphatic carbocycles. The molecule has 0 aliphatic heterocycles. The lowest BCUT2D eigenvalue weighted by Gasteiger charge is -2.11. The molecule has 4 rings (SSSR count). The van der Waals surface area contributed by atoms with Gasteiger partial charge in [-0.05, 0) is 70.6 Å². The molecule has 8 nitrogen and oxygen atoms in total. The molecule has 1 saturated carbocycles. The molecule has 32 heavy (non-hydrogen) atoms. The first-order valence-electron chi connectivity index (χ1n) is 10.8. The fourth-order valence-electron chi connectivity index (χ4n) is 3.39. The normalized spacial score (nSPS) is 13.4. The van der Waals surface area contributed by atoms with E-state index in [0.29, 0.717) is 16.9 Å². The topological polar surface area (TPSA) is 88.0 Å². The van der Waals surface area contributed by atoms with E-state index in [1.54, 1.807) is 30.2 Å². The van der Waals surface area contributed by atoms with E-state index in [-0.39, 0.29) is 11.6 Å². The van der Waals surface area contributed by atoms with Gasteiger partial charge in [-0.25, -0.2) is 9.07 Å². The number of hydrogen-bond acceptors (Lipinski definition) is 6. The average molecular weight is 438 g/mol. The second-order valence-corrected chi connectivity index (χ2v) is 8.46. The summed E-state index contributed by atoms with van der Waals surface area (Å²) in [5.74, 6) is -0.939. The fourth-order valence-corrected chi connectivity index (χ4v) is 3.39. The Kier molecular flexibility index (Phi) is 6.45. The Balaban J connectivity index is 1.52. The van der Waals surface area contributed by atoms with Crippen molar-refractivity contribution in [3.8, 4) is 16.9 Å². The van der Waals surface area contributed by atoms with E-state index < -0.39 is 11.7 Å². The van der Waals surface area contributed by atoms with E-state index in [9.17, 15) is 9.18 Å². The second-order valence-electron chi connectivity index (χ2n) is 8.46. The number of nitrogens with zero attached hydrogens (tertiary/aromatic N) is 5. The highest BCUT2D eigenvalue weighted by molar-refractivity contribution is 5.95. The van der Waals surface area contributed by atoms with Gasteiger partial charge in [-0.15, -0.1) is 5.10 Å². The maximum Gasteiger partial charge on any atom is 0.254 e. The summed E-state index contributed by atoms with van der Waals surface area (Å²) in [4.78, 5) is 18.9. The van der Waals surface area contributed by atoms with Crippen LogP contribution in [0.2, 0.25) is 0 Å². The largest absolute Gasteiger partial charge is 0.384 e. The number of amides is 1. The molecular formula is C23H28FN7O. The highest BCUT2D eigenvalue weighted by Crippen LogP contribution is 2.24. The first-order chi connectivity index (χ1) is 15.4. The van der Waals surface area contributed by atoms with Crippen molar-refractivity contribution in [1.29, 1.82) is 0 Å². The minimum Gasteiger partial charge on any atom is -0.384 e. The van der Waals surface area contributed by atoms with Crippen LogP contribution in [0, 0.1) is 12.7 Å². The van der Waals surface area contributed by atoms with Crippen molar-refractivity contribution in [2.45, 2.75) is 32.2 Å². The fraction of sp³-hybridized carbons (Fsp3) is 0.391. The molecule has 1 aromatic carbocycles. The first kappa shape index (κ1) is 21.9. The van der Waals surface area contributed by atoms with Gasteiger partial charge in [0, 0.05) is 30.5 Å². The number of aryl methyl sites for hydroxylation is 1. The van der Waals surface area contributed by atoms with Crippen molar-refractivity contribution in [1.82, 2.24) is 30.2 Å². The van der Waals surface area contributed by atoms with Crippen LogP contribution in [0.25, 0.3) is 16.9 Å². The molecular weight excluding hydrogens is 409 g/mol. The predicted octanol–water partition coefficient (Wildman–Crippen LogP) is 3.03. The van der Waals surface area contributed by atoms with Crippen LogP contribution in [0.1, 0.15) is 35.2 Å². The van der Waals surface area contributed by atoms with Gasteiger partial charge in [0.25, 0.3) is 5.91 Å². The van der Waals surface area contributed by atoms with Crippen LogP contribution in [0.4, 0.5) is 10.1 Å². The van der Waals surface area contributed by atoms with Crippen LogP contribution in [-0.2, 0) is 0 Å². The van der Waals surface area contributed by atoms with Crippen molar-refractivity contribution in [2.75, 3.05) is 32.5 Å². The molecule has 2 heterocycles. The van der Waals surface area contributed by atoms with E-state index in [2.05, 4.69) is 44.9 Å². The van der Waals surface area contributed by atoms with Gasteiger partial charge < -0.3 is 15.5 Å². The Morgan fingerprint density at radius 2 is 2.06 bits per heavy atom. The van der Waals surface area contributed by atoms with E-state index in [1.165, 1.54) is 12.1 Å². The van der Waals surface area contributed by atoms with E-state index >= 15 is 0 Å². The van der Waals surface area contributed by atoms with Crippen LogP contribution < -0.4 is 10.6 Å². The van der Waals surface area contributed by atoms with Gasteiger partial charge in [0.1, 0.15) is 11.5 Å². The Hall–Kier alpha value is -3.33. The van der Waals surface area contributed by atoms with Gasteiger partial charge in [0.2, 0.25) is 0 Å². The number of pyridine rings is 1. The number of anilines is 1. The van der Waals surface area contributed by atoms with Gasteiger partial charge in [0.05, 0.1) is 23.1 Å². The van der Waals surface area contributed by atoms with Gasteiger partial charge in [-0.1, -0.05) is 5.21 Å². The van der Waals surface area contributed by atoms with Crippen molar-refractivity contribution >= 4 is 11.6 Å². The van der Waals surface area contributed by atoms with Gasteiger partial charge in [-0.2, -0.15) is 0 Å². The molecule has 0 unspecified atom stereocenters. The van der Waals surface area contributed by atoms with Gasteiger partial charge in [0.15, 0.2) is 0 Å². The zero-order valence-electron chi connectivity index (χ0n) is 18.6. The molecule has 1 aliphatic rings. The standard InChI is InChI=1S/C23H28FN7O/c1-15-9-20(24)19(23(32)27-17-5-6-17)11-22(15)31-14-21(28-29-31)16-10-18(13-25-12-16)26-7-4-8-30(2)3/h9-14,17,26H,4-8H2,1-3H3,(H,27,32). The number of nitrogens with one attached hydrogen (secondary N) is 2. The number of hydrogen-bond donors (Lipinski definition) is 2. The molecule has 1 amide bonds. The van der Waals surface area contributed by atoms with Crippen LogP contribution in [-0.4, -0.2) is 64.0 Å². The number of benzene rings is 1. The molecule has 1 fully saturated rings. The lowest BCUT2D eigenvalue weighted by Crippen LogP contribution is -2.26. The summed E-state index contributed by atoms with van der Waals surface area (Å²) in [6.45, 7) is 3.63. The quantitative estimate of drug-likeness (QED) is 0.501. The van der Waals surface area contributed by atoms with Crippen LogP contribution in [0.3, 0.4) is 0 Å². The molecule has 0 radical (unpaired) electrons. The maximum atomic E-state index is 14.4. The Labute approximate surface area is 186 Å². The number of halogens is 1. The summed E-state index contributed by atoms with van der Waals surface area (Å²) in [5.41, 5.74) is 3.66. The molecule has 2 N–H and O–H groups in total. The van der Waals surface area contributed by atoms with Crippen LogP contribution >= 0.6 is 0 Å². The molecule has 0 atom stereocenters. The van der Waals surface area contributed by atoms with E-state index in [0.717, 1.165) is 43.6 Å². The molecule has 9 heteroatoms. The number of rotatable bonds is 9. The third-order valence-corrected chi connectivity index (χ3v) is 5.33.